The topological polar surface area (TPSA) is 43.8 Å². The molecule has 0 aliphatic heterocycles. The fourth-order valence-electron chi connectivity index (χ4n) is 1.68. The van der Waals surface area contributed by atoms with Crippen LogP contribution in [-0.4, -0.2) is 22.0 Å². The molecule has 1 unspecified atom stereocenters. The highest BCUT2D eigenvalue weighted by atomic mass is 19.4. The van der Waals surface area contributed by atoms with E-state index in [1.807, 2.05) is 13.8 Å². The summed E-state index contributed by atoms with van der Waals surface area (Å²) in [5.41, 5.74) is 7.03. The van der Waals surface area contributed by atoms with Crippen molar-refractivity contribution in [3.63, 3.8) is 0 Å². The Morgan fingerprint density at radius 1 is 1.50 bits per heavy atom. The highest BCUT2D eigenvalue weighted by Crippen LogP contribution is 2.22. The van der Waals surface area contributed by atoms with Crippen LogP contribution in [0.1, 0.15) is 24.7 Å². The second-order valence-corrected chi connectivity index (χ2v) is 3.88. The van der Waals surface area contributed by atoms with Crippen molar-refractivity contribution in [1.82, 2.24) is 9.78 Å². The van der Waals surface area contributed by atoms with Gasteiger partial charge < -0.3 is 5.73 Å². The summed E-state index contributed by atoms with van der Waals surface area (Å²) in [6, 6.07) is 0.876. The molecular formula is C10H16F3N3. The van der Waals surface area contributed by atoms with Crippen molar-refractivity contribution in [1.29, 1.82) is 0 Å². The first-order valence-corrected chi connectivity index (χ1v) is 5.17. The standard InChI is InChI=1S/C10H16F3N3/c1-3-16-9(4-7(2)15-16)5-8(14)6-10(11,12)13/h4,8H,3,5-6,14H2,1-2H3. The summed E-state index contributed by atoms with van der Waals surface area (Å²) >= 11 is 0. The summed E-state index contributed by atoms with van der Waals surface area (Å²) in [6.45, 7) is 4.35. The lowest BCUT2D eigenvalue weighted by atomic mass is 10.1. The van der Waals surface area contributed by atoms with Gasteiger partial charge in [0.05, 0.1) is 12.1 Å². The quantitative estimate of drug-likeness (QED) is 0.867. The van der Waals surface area contributed by atoms with Crippen molar-refractivity contribution < 1.29 is 13.2 Å². The molecule has 0 aliphatic carbocycles. The Bertz CT molecular complexity index is 344. The van der Waals surface area contributed by atoms with Crippen LogP contribution in [0.4, 0.5) is 13.2 Å². The highest BCUT2D eigenvalue weighted by Gasteiger charge is 2.30. The van der Waals surface area contributed by atoms with Crippen LogP contribution in [0.5, 0.6) is 0 Å². The highest BCUT2D eigenvalue weighted by molar-refractivity contribution is 5.10. The maximum absolute atomic E-state index is 12.1. The molecule has 0 aliphatic rings. The molecule has 0 amide bonds. The maximum Gasteiger partial charge on any atom is 0.390 e. The zero-order valence-electron chi connectivity index (χ0n) is 9.38. The van der Waals surface area contributed by atoms with Gasteiger partial charge in [-0.3, -0.25) is 4.68 Å². The number of halogens is 3. The molecule has 1 aromatic rings. The molecule has 0 saturated carbocycles. The number of nitrogens with zero attached hydrogens (tertiary/aromatic N) is 2. The van der Waals surface area contributed by atoms with E-state index in [4.69, 9.17) is 5.73 Å². The van der Waals surface area contributed by atoms with E-state index in [0.29, 0.717) is 6.54 Å². The normalized spacial score (nSPS) is 14.1. The largest absolute Gasteiger partial charge is 0.390 e. The average Bonchev–Trinajstić information content (AvgIpc) is 2.42. The molecule has 6 heteroatoms. The van der Waals surface area contributed by atoms with Gasteiger partial charge in [-0.25, -0.2) is 0 Å². The van der Waals surface area contributed by atoms with Crippen molar-refractivity contribution in [2.24, 2.45) is 5.73 Å². The number of aryl methyl sites for hydroxylation is 2. The molecule has 16 heavy (non-hydrogen) atoms. The molecule has 3 nitrogen and oxygen atoms in total. The third-order valence-corrected chi connectivity index (χ3v) is 2.25. The molecule has 0 bridgehead atoms. The van der Waals surface area contributed by atoms with Crippen molar-refractivity contribution in [3.05, 3.63) is 17.5 Å². The lowest BCUT2D eigenvalue weighted by Crippen LogP contribution is -2.30. The molecule has 92 valence electrons. The number of aromatic nitrogens is 2. The number of hydrogen-bond acceptors (Lipinski definition) is 2. The van der Waals surface area contributed by atoms with Crippen molar-refractivity contribution in [2.45, 2.75) is 45.5 Å². The van der Waals surface area contributed by atoms with Crippen LogP contribution >= 0.6 is 0 Å². The molecular weight excluding hydrogens is 219 g/mol. The van der Waals surface area contributed by atoms with Gasteiger partial charge >= 0.3 is 6.18 Å². The van der Waals surface area contributed by atoms with Gasteiger partial charge in [0.1, 0.15) is 0 Å². The van der Waals surface area contributed by atoms with Crippen molar-refractivity contribution in [2.75, 3.05) is 0 Å². The van der Waals surface area contributed by atoms with Crippen LogP contribution in [0.25, 0.3) is 0 Å². The van der Waals surface area contributed by atoms with E-state index in [-0.39, 0.29) is 6.42 Å². The van der Waals surface area contributed by atoms with E-state index in [9.17, 15) is 13.2 Å². The van der Waals surface area contributed by atoms with Gasteiger partial charge in [-0.1, -0.05) is 0 Å². The number of nitrogens with two attached hydrogens (primary N) is 1. The van der Waals surface area contributed by atoms with Crippen LogP contribution < -0.4 is 5.73 Å². The Morgan fingerprint density at radius 2 is 2.12 bits per heavy atom. The predicted octanol–water partition coefficient (Wildman–Crippen LogP) is 2.03. The summed E-state index contributed by atoms with van der Waals surface area (Å²) < 4.78 is 38.0. The maximum atomic E-state index is 12.1. The fourth-order valence-corrected chi connectivity index (χ4v) is 1.68. The third-order valence-electron chi connectivity index (χ3n) is 2.25. The summed E-state index contributed by atoms with van der Waals surface area (Å²) in [5, 5.41) is 4.16. The van der Waals surface area contributed by atoms with E-state index >= 15 is 0 Å². The minimum Gasteiger partial charge on any atom is -0.327 e. The molecule has 0 aromatic carbocycles. The summed E-state index contributed by atoms with van der Waals surface area (Å²) in [7, 11) is 0. The lowest BCUT2D eigenvalue weighted by Gasteiger charge is -2.14. The molecule has 0 spiro atoms. The van der Waals surface area contributed by atoms with Crippen LogP contribution in [0, 0.1) is 6.92 Å². The van der Waals surface area contributed by atoms with Gasteiger partial charge in [-0.05, 0) is 19.9 Å². The molecule has 1 rings (SSSR count). The van der Waals surface area contributed by atoms with Crippen LogP contribution in [-0.2, 0) is 13.0 Å². The number of rotatable bonds is 4. The molecule has 0 saturated heterocycles. The van der Waals surface area contributed by atoms with Gasteiger partial charge in [0.15, 0.2) is 0 Å². The Balaban J connectivity index is 2.65. The van der Waals surface area contributed by atoms with Gasteiger partial charge in [0.2, 0.25) is 0 Å². The van der Waals surface area contributed by atoms with Crippen LogP contribution in [0.3, 0.4) is 0 Å². The molecule has 2 N–H and O–H groups in total. The second kappa shape index (κ2) is 4.86. The average molecular weight is 235 g/mol. The van der Waals surface area contributed by atoms with E-state index < -0.39 is 18.6 Å². The third kappa shape index (κ3) is 3.84. The van der Waals surface area contributed by atoms with Gasteiger partial charge in [0.25, 0.3) is 0 Å². The van der Waals surface area contributed by atoms with Crippen LogP contribution in [0.2, 0.25) is 0 Å². The summed E-state index contributed by atoms with van der Waals surface area (Å²) in [6.07, 6.45) is -4.96. The summed E-state index contributed by atoms with van der Waals surface area (Å²) in [4.78, 5) is 0. The van der Waals surface area contributed by atoms with Crippen molar-refractivity contribution in [3.8, 4) is 0 Å². The summed E-state index contributed by atoms with van der Waals surface area (Å²) in [5.74, 6) is 0. The van der Waals surface area contributed by atoms with Gasteiger partial charge in [0, 0.05) is 24.7 Å². The smallest absolute Gasteiger partial charge is 0.327 e. The Morgan fingerprint density at radius 3 is 2.62 bits per heavy atom. The minimum atomic E-state index is -4.20. The van der Waals surface area contributed by atoms with Gasteiger partial charge in [-0.2, -0.15) is 18.3 Å². The van der Waals surface area contributed by atoms with E-state index in [2.05, 4.69) is 5.10 Å². The molecule has 0 radical (unpaired) electrons. The number of hydrogen-bond donors (Lipinski definition) is 1. The minimum absolute atomic E-state index is 0.203. The zero-order chi connectivity index (χ0) is 12.3. The first-order chi connectivity index (χ1) is 7.31. The van der Waals surface area contributed by atoms with E-state index in [1.54, 1.807) is 10.7 Å². The molecule has 1 heterocycles. The van der Waals surface area contributed by atoms with E-state index in [1.165, 1.54) is 0 Å². The van der Waals surface area contributed by atoms with E-state index in [0.717, 1.165) is 11.4 Å². The monoisotopic (exact) mass is 235 g/mol. The van der Waals surface area contributed by atoms with Gasteiger partial charge in [-0.15, -0.1) is 0 Å². The van der Waals surface area contributed by atoms with Crippen molar-refractivity contribution >= 4 is 0 Å². The second-order valence-electron chi connectivity index (χ2n) is 3.88. The Kier molecular flexibility index (Phi) is 3.96. The number of alkyl halides is 3. The predicted molar refractivity (Wildman–Crippen MR) is 55.0 cm³/mol. The first kappa shape index (κ1) is 13.0. The Hall–Kier alpha value is -1.04. The molecule has 1 aromatic heterocycles. The Labute approximate surface area is 92.4 Å². The zero-order valence-corrected chi connectivity index (χ0v) is 9.38. The molecule has 0 fully saturated rings. The first-order valence-electron chi connectivity index (χ1n) is 5.17. The van der Waals surface area contributed by atoms with Crippen LogP contribution in [0.15, 0.2) is 6.07 Å². The fraction of sp³-hybridized carbons (Fsp3) is 0.700. The molecule has 1 atom stereocenters. The SMILES string of the molecule is CCn1nc(C)cc1CC(N)CC(F)(F)F. The lowest BCUT2D eigenvalue weighted by molar-refractivity contribution is -0.138.